The zero-order chi connectivity index (χ0) is 23.1. The molecule has 0 bridgehead atoms. The number of carbonyl (C=O) groups excluding carboxylic acids is 2. The van der Waals surface area contributed by atoms with Crippen molar-refractivity contribution in [2.45, 2.75) is 30.8 Å². The van der Waals surface area contributed by atoms with Crippen molar-refractivity contribution in [3.63, 3.8) is 0 Å². The molecule has 1 unspecified atom stereocenters. The highest BCUT2D eigenvalue weighted by Crippen LogP contribution is 2.27. The molecule has 1 atom stereocenters. The molecule has 1 heterocycles. The number of hydrogen-bond acceptors (Lipinski definition) is 7. The highest BCUT2D eigenvalue weighted by atomic mass is 32.2. The van der Waals surface area contributed by atoms with Crippen LogP contribution in [-0.2, 0) is 16.1 Å². The lowest BCUT2D eigenvalue weighted by Gasteiger charge is -2.13. The number of aromatic nitrogens is 3. The average molecular weight is 459 g/mol. The molecule has 0 aliphatic rings. The molecule has 10 heteroatoms. The van der Waals surface area contributed by atoms with Crippen molar-refractivity contribution in [2.75, 3.05) is 13.7 Å². The number of methoxy groups -OCH3 is 1. The fraction of sp³-hybridized carbons (Fsp3) is 0.273. The van der Waals surface area contributed by atoms with Crippen LogP contribution in [-0.4, -0.2) is 45.6 Å². The first kappa shape index (κ1) is 23.3. The molecule has 3 aromatic rings. The van der Waals surface area contributed by atoms with E-state index in [2.05, 4.69) is 15.5 Å². The van der Waals surface area contributed by atoms with Crippen molar-refractivity contribution in [2.24, 2.45) is 0 Å². The third kappa shape index (κ3) is 5.64. The molecule has 1 aromatic heterocycles. The van der Waals surface area contributed by atoms with Crippen molar-refractivity contribution in [1.82, 2.24) is 20.1 Å². The van der Waals surface area contributed by atoms with Gasteiger partial charge in [-0.2, -0.15) is 0 Å². The fourth-order valence-electron chi connectivity index (χ4n) is 2.84. The summed E-state index contributed by atoms with van der Waals surface area (Å²) in [5, 5.41) is 10.9. The zero-order valence-corrected chi connectivity index (χ0v) is 18.7. The van der Waals surface area contributed by atoms with Crippen LogP contribution in [0.15, 0.2) is 53.7 Å². The Morgan fingerprint density at radius 2 is 1.94 bits per heavy atom. The number of carbonyl (C=O) groups is 2. The van der Waals surface area contributed by atoms with Gasteiger partial charge in [-0.15, -0.1) is 10.2 Å². The van der Waals surface area contributed by atoms with Crippen molar-refractivity contribution < 1.29 is 23.5 Å². The smallest absolute Gasteiger partial charge is 0.319 e. The minimum atomic E-state index is -0.548. The number of hydrogen-bond donors (Lipinski definition) is 1. The molecule has 0 radical (unpaired) electrons. The number of halogens is 1. The molecule has 2 aromatic carbocycles. The molecule has 1 amide bonds. The third-order valence-electron chi connectivity index (χ3n) is 4.43. The van der Waals surface area contributed by atoms with Gasteiger partial charge in [0.2, 0.25) is 0 Å². The van der Waals surface area contributed by atoms with E-state index in [0.29, 0.717) is 28.0 Å². The number of nitrogens with zero attached hydrogens (tertiary/aromatic N) is 3. The molecule has 0 aliphatic heterocycles. The second-order valence-electron chi connectivity index (χ2n) is 6.64. The molecular formula is C22H23FN4O4S. The van der Waals surface area contributed by atoms with E-state index in [1.165, 1.54) is 12.1 Å². The van der Waals surface area contributed by atoms with Gasteiger partial charge in [0, 0.05) is 5.56 Å². The van der Waals surface area contributed by atoms with Crippen molar-refractivity contribution in [1.29, 1.82) is 0 Å². The van der Waals surface area contributed by atoms with E-state index in [0.717, 1.165) is 11.8 Å². The van der Waals surface area contributed by atoms with Crippen LogP contribution in [0.25, 0.3) is 5.69 Å². The molecule has 168 valence electrons. The van der Waals surface area contributed by atoms with Crippen molar-refractivity contribution in [3.05, 3.63) is 65.7 Å². The maximum absolute atomic E-state index is 13.9. The summed E-state index contributed by atoms with van der Waals surface area (Å²) in [6.07, 6.45) is 0. The number of ether oxygens (including phenoxy) is 2. The summed E-state index contributed by atoms with van der Waals surface area (Å²) in [5.74, 6) is -0.101. The van der Waals surface area contributed by atoms with Gasteiger partial charge in [0.25, 0.3) is 5.91 Å². The molecule has 0 saturated carbocycles. The van der Waals surface area contributed by atoms with Crippen LogP contribution in [0.4, 0.5) is 4.39 Å². The number of esters is 1. The SMILES string of the molecule is CCOC(=O)C(C)Sc1nnc(CNC(=O)c2ccc(OC)cc2)n1-c1cccc(F)c1. The van der Waals surface area contributed by atoms with Gasteiger partial charge < -0.3 is 14.8 Å². The number of amides is 1. The molecule has 3 rings (SSSR count). The van der Waals surface area contributed by atoms with Gasteiger partial charge in [0.1, 0.15) is 16.8 Å². The van der Waals surface area contributed by atoms with Crippen LogP contribution in [0.5, 0.6) is 5.75 Å². The largest absolute Gasteiger partial charge is 0.497 e. The maximum atomic E-state index is 13.9. The van der Waals surface area contributed by atoms with E-state index in [1.54, 1.807) is 61.9 Å². The number of rotatable bonds is 9. The molecule has 0 spiro atoms. The summed E-state index contributed by atoms with van der Waals surface area (Å²) in [7, 11) is 1.55. The Morgan fingerprint density at radius 3 is 2.59 bits per heavy atom. The molecule has 0 aliphatic carbocycles. The minimum absolute atomic E-state index is 0.0444. The van der Waals surface area contributed by atoms with Gasteiger partial charge in [-0.05, 0) is 56.3 Å². The minimum Gasteiger partial charge on any atom is -0.497 e. The van der Waals surface area contributed by atoms with E-state index >= 15 is 0 Å². The molecule has 8 nitrogen and oxygen atoms in total. The zero-order valence-electron chi connectivity index (χ0n) is 17.9. The molecule has 0 fully saturated rings. The number of nitrogens with one attached hydrogen (secondary N) is 1. The van der Waals surface area contributed by atoms with E-state index in [-0.39, 0.29) is 25.0 Å². The highest BCUT2D eigenvalue weighted by Gasteiger charge is 2.22. The van der Waals surface area contributed by atoms with Crippen LogP contribution in [0.3, 0.4) is 0 Å². The summed E-state index contributed by atoms with van der Waals surface area (Å²) in [5.41, 5.74) is 0.926. The third-order valence-corrected chi connectivity index (χ3v) is 5.45. The number of benzene rings is 2. The molecule has 0 saturated heterocycles. The predicted octanol–water partition coefficient (Wildman–Crippen LogP) is 3.39. The van der Waals surface area contributed by atoms with Crippen molar-refractivity contribution in [3.8, 4) is 11.4 Å². The Hall–Kier alpha value is -3.40. The lowest BCUT2D eigenvalue weighted by molar-refractivity contribution is -0.142. The Balaban J connectivity index is 1.84. The van der Waals surface area contributed by atoms with Gasteiger partial charge in [0.15, 0.2) is 11.0 Å². The van der Waals surface area contributed by atoms with E-state index in [1.807, 2.05) is 0 Å². The van der Waals surface area contributed by atoms with E-state index < -0.39 is 11.1 Å². The first-order valence-corrected chi connectivity index (χ1v) is 10.8. The lowest BCUT2D eigenvalue weighted by atomic mass is 10.2. The van der Waals surface area contributed by atoms with Crippen LogP contribution < -0.4 is 10.1 Å². The Kier molecular flexibility index (Phi) is 7.82. The van der Waals surface area contributed by atoms with Crippen LogP contribution in [0, 0.1) is 5.82 Å². The van der Waals surface area contributed by atoms with Crippen LogP contribution in [0.2, 0.25) is 0 Å². The second-order valence-corrected chi connectivity index (χ2v) is 7.95. The highest BCUT2D eigenvalue weighted by molar-refractivity contribution is 8.00. The summed E-state index contributed by atoms with van der Waals surface area (Å²) in [6.45, 7) is 3.73. The topological polar surface area (TPSA) is 95.3 Å². The van der Waals surface area contributed by atoms with Gasteiger partial charge in [-0.25, -0.2) is 4.39 Å². The molecule has 32 heavy (non-hydrogen) atoms. The first-order chi connectivity index (χ1) is 15.4. The standard InChI is InChI=1S/C22H23FN4O4S/c1-4-31-21(29)14(2)32-22-26-25-19(27(22)17-7-5-6-16(23)12-17)13-24-20(28)15-8-10-18(30-3)11-9-15/h5-12,14H,4,13H2,1-3H3,(H,24,28). The number of thioether (sulfide) groups is 1. The maximum Gasteiger partial charge on any atom is 0.319 e. The van der Waals surface area contributed by atoms with Crippen LogP contribution >= 0.6 is 11.8 Å². The lowest BCUT2D eigenvalue weighted by Crippen LogP contribution is -2.24. The van der Waals surface area contributed by atoms with Crippen LogP contribution in [0.1, 0.15) is 30.0 Å². The first-order valence-electron chi connectivity index (χ1n) is 9.88. The summed E-state index contributed by atoms with van der Waals surface area (Å²) in [4.78, 5) is 24.6. The molecule has 1 N–H and O–H groups in total. The van der Waals surface area contributed by atoms with E-state index in [4.69, 9.17) is 9.47 Å². The van der Waals surface area contributed by atoms with Gasteiger partial charge in [0.05, 0.1) is 25.9 Å². The predicted molar refractivity (Wildman–Crippen MR) is 117 cm³/mol. The van der Waals surface area contributed by atoms with Gasteiger partial charge in [-0.3, -0.25) is 14.2 Å². The molecular weight excluding hydrogens is 435 g/mol. The summed E-state index contributed by atoms with van der Waals surface area (Å²) < 4.78 is 25.7. The Labute approximate surface area is 189 Å². The van der Waals surface area contributed by atoms with E-state index in [9.17, 15) is 14.0 Å². The van der Waals surface area contributed by atoms with Crippen molar-refractivity contribution >= 4 is 23.6 Å². The summed E-state index contributed by atoms with van der Waals surface area (Å²) >= 11 is 1.14. The second kappa shape index (κ2) is 10.8. The van der Waals surface area contributed by atoms with Gasteiger partial charge in [-0.1, -0.05) is 17.8 Å². The summed E-state index contributed by atoms with van der Waals surface area (Å²) in [6, 6.07) is 12.6. The van der Waals surface area contributed by atoms with Gasteiger partial charge >= 0.3 is 5.97 Å². The Bertz CT molecular complexity index is 1090. The monoisotopic (exact) mass is 458 g/mol. The quantitative estimate of drug-likeness (QED) is 0.388. The average Bonchev–Trinajstić information content (AvgIpc) is 3.19. The Morgan fingerprint density at radius 1 is 1.19 bits per heavy atom. The fourth-order valence-corrected chi connectivity index (χ4v) is 3.72. The normalized spacial score (nSPS) is 11.6.